The Balaban J connectivity index is 1.68. The van der Waals surface area contributed by atoms with Crippen LogP contribution in [0.25, 0.3) is 16.6 Å². The Labute approximate surface area is 242 Å². The first-order chi connectivity index (χ1) is 20.4. The summed E-state index contributed by atoms with van der Waals surface area (Å²) >= 11 is 0. The highest BCUT2D eigenvalue weighted by Crippen LogP contribution is 2.29. The molecule has 0 radical (unpaired) electrons. The minimum atomic E-state index is -0.701. The number of nitrogens with zero attached hydrogens (tertiary/aromatic N) is 4. The van der Waals surface area contributed by atoms with Crippen LogP contribution in [-0.2, 0) is 6.42 Å². The van der Waals surface area contributed by atoms with Crippen LogP contribution < -0.4 is 10.3 Å². The van der Waals surface area contributed by atoms with E-state index < -0.39 is 16.9 Å². The van der Waals surface area contributed by atoms with Gasteiger partial charge in [-0.1, -0.05) is 60.7 Å². The lowest BCUT2D eigenvalue weighted by Gasteiger charge is -2.31. The van der Waals surface area contributed by atoms with Gasteiger partial charge in [0.05, 0.1) is 34.2 Å². The number of benzene rings is 4. The fraction of sp³-hybridized carbons (Fsp3) is 0.182. The monoisotopic (exact) mass is 562 g/mol. The number of rotatable bonds is 10. The number of carbonyl (C=O) groups excluding carboxylic acids is 1. The first kappa shape index (κ1) is 28.2. The number of carbonyl (C=O) groups is 1. The van der Waals surface area contributed by atoms with Gasteiger partial charge in [0.2, 0.25) is 0 Å². The largest absolute Gasteiger partial charge is 0.492 e. The third-order valence-corrected chi connectivity index (χ3v) is 7.10. The quantitative estimate of drug-likeness (QED) is 0.150. The molecule has 1 aromatic heterocycles. The lowest BCUT2D eigenvalue weighted by molar-refractivity contribution is -0.384. The van der Waals surface area contributed by atoms with Gasteiger partial charge < -0.3 is 9.64 Å². The summed E-state index contributed by atoms with van der Waals surface area (Å²) in [6.07, 6.45) is 0.527. The van der Waals surface area contributed by atoms with Gasteiger partial charge in [0.15, 0.2) is 0 Å². The third-order valence-electron chi connectivity index (χ3n) is 7.10. The van der Waals surface area contributed by atoms with Gasteiger partial charge >= 0.3 is 0 Å². The molecule has 4 aromatic carbocycles. The lowest BCUT2D eigenvalue weighted by atomic mass is 10.1. The van der Waals surface area contributed by atoms with Gasteiger partial charge in [0.1, 0.15) is 11.6 Å². The van der Waals surface area contributed by atoms with E-state index in [9.17, 15) is 19.7 Å². The molecule has 5 rings (SSSR count). The number of hydrogen-bond donors (Lipinski definition) is 0. The lowest BCUT2D eigenvalue weighted by Crippen LogP contribution is -2.38. The van der Waals surface area contributed by atoms with Gasteiger partial charge in [-0.2, -0.15) is 0 Å². The zero-order valence-corrected chi connectivity index (χ0v) is 23.3. The Morgan fingerprint density at radius 1 is 0.976 bits per heavy atom. The topological polar surface area (TPSA) is 108 Å². The van der Waals surface area contributed by atoms with Gasteiger partial charge in [-0.3, -0.25) is 24.3 Å². The summed E-state index contributed by atoms with van der Waals surface area (Å²) in [5, 5.41) is 11.9. The Hall–Kier alpha value is -5.31. The summed E-state index contributed by atoms with van der Waals surface area (Å²) in [7, 11) is 0. The van der Waals surface area contributed by atoms with Gasteiger partial charge in [-0.15, -0.1) is 0 Å². The summed E-state index contributed by atoms with van der Waals surface area (Å²) in [6.45, 7) is 4.36. The SMILES string of the molecule is CCOc1ccccc1-n1c(C(C)N(CCc2ccccc2)C(=O)c2cccc([N+](=O)[O-])c2)nc2ccccc2c1=O. The van der Waals surface area contributed by atoms with Crippen molar-refractivity contribution in [1.82, 2.24) is 14.5 Å². The Bertz CT molecular complexity index is 1800. The molecule has 9 nitrogen and oxygen atoms in total. The molecular formula is C33H30N4O5. The van der Waals surface area contributed by atoms with Crippen LogP contribution >= 0.6 is 0 Å². The zero-order valence-electron chi connectivity index (χ0n) is 23.3. The second-order valence-electron chi connectivity index (χ2n) is 9.75. The number of ether oxygens (including phenoxy) is 1. The minimum absolute atomic E-state index is 0.175. The molecule has 42 heavy (non-hydrogen) atoms. The number of nitro groups is 1. The first-order valence-corrected chi connectivity index (χ1v) is 13.7. The smallest absolute Gasteiger partial charge is 0.270 e. The van der Waals surface area contributed by atoms with E-state index in [2.05, 4.69) is 0 Å². The minimum Gasteiger partial charge on any atom is -0.492 e. The van der Waals surface area contributed by atoms with Crippen molar-refractivity contribution in [3.05, 3.63) is 141 Å². The molecule has 0 saturated carbocycles. The van der Waals surface area contributed by atoms with Crippen LogP contribution in [0.4, 0.5) is 5.69 Å². The van der Waals surface area contributed by atoms with Crippen molar-refractivity contribution in [1.29, 1.82) is 0 Å². The van der Waals surface area contributed by atoms with Crippen molar-refractivity contribution in [3.63, 3.8) is 0 Å². The van der Waals surface area contributed by atoms with Gasteiger partial charge in [-0.25, -0.2) is 4.98 Å². The Morgan fingerprint density at radius 2 is 1.69 bits per heavy atom. The van der Waals surface area contributed by atoms with Crippen molar-refractivity contribution in [2.24, 2.45) is 0 Å². The molecule has 1 atom stereocenters. The van der Waals surface area contributed by atoms with E-state index in [1.54, 1.807) is 41.3 Å². The molecule has 1 amide bonds. The van der Waals surface area contributed by atoms with Crippen molar-refractivity contribution in [2.75, 3.05) is 13.2 Å². The molecule has 0 bridgehead atoms. The number of nitro benzene ring substituents is 1. The molecule has 1 heterocycles. The highest BCUT2D eigenvalue weighted by molar-refractivity contribution is 5.95. The standard InChI is InChI=1S/C33H30N4O5/c1-3-42-30-19-10-9-18-29(30)36-31(34-28-17-8-7-16-27(28)33(36)39)23(2)35(21-20-24-12-5-4-6-13-24)32(38)25-14-11-15-26(22-25)37(40)41/h4-19,22-23H,3,20-21H2,1-2H3. The van der Waals surface area contributed by atoms with Crippen LogP contribution in [0.3, 0.4) is 0 Å². The summed E-state index contributed by atoms with van der Waals surface area (Å²) in [5.41, 5.74) is 1.74. The van der Waals surface area contributed by atoms with E-state index in [4.69, 9.17) is 9.72 Å². The normalized spacial score (nSPS) is 11.7. The van der Waals surface area contributed by atoms with Crippen LogP contribution in [0.1, 0.15) is 41.6 Å². The van der Waals surface area contributed by atoms with Crippen molar-refractivity contribution in [2.45, 2.75) is 26.3 Å². The molecule has 0 aliphatic carbocycles. The van der Waals surface area contributed by atoms with Crippen molar-refractivity contribution >= 4 is 22.5 Å². The van der Waals surface area contributed by atoms with Crippen LogP contribution in [0.5, 0.6) is 5.75 Å². The summed E-state index contributed by atoms with van der Waals surface area (Å²) in [6, 6.07) is 29.0. The molecule has 0 fully saturated rings. The van der Waals surface area contributed by atoms with E-state index in [0.717, 1.165) is 5.56 Å². The molecule has 0 aliphatic rings. The van der Waals surface area contributed by atoms with Crippen LogP contribution in [0.15, 0.2) is 108 Å². The predicted octanol–water partition coefficient (Wildman–Crippen LogP) is 6.14. The second kappa shape index (κ2) is 12.5. The first-order valence-electron chi connectivity index (χ1n) is 13.7. The summed E-state index contributed by atoms with van der Waals surface area (Å²) < 4.78 is 7.39. The zero-order chi connectivity index (χ0) is 29.6. The molecule has 212 valence electrons. The number of para-hydroxylation sites is 3. The van der Waals surface area contributed by atoms with Crippen molar-refractivity contribution < 1.29 is 14.5 Å². The average molecular weight is 563 g/mol. The number of hydrogen-bond acceptors (Lipinski definition) is 6. The number of fused-ring (bicyclic) bond motifs is 1. The van der Waals surface area contributed by atoms with Gasteiger partial charge in [0.25, 0.3) is 17.2 Å². The summed E-state index contributed by atoms with van der Waals surface area (Å²) in [5.74, 6) is 0.445. The fourth-order valence-corrected chi connectivity index (χ4v) is 5.01. The molecule has 5 aromatic rings. The molecule has 0 saturated heterocycles. The highest BCUT2D eigenvalue weighted by atomic mass is 16.6. The van der Waals surface area contributed by atoms with Crippen LogP contribution in [-0.4, -0.2) is 38.4 Å². The number of aromatic nitrogens is 2. The van der Waals surface area contributed by atoms with Crippen molar-refractivity contribution in [3.8, 4) is 11.4 Å². The van der Waals surface area contributed by atoms with E-state index in [-0.39, 0.29) is 23.4 Å². The fourth-order valence-electron chi connectivity index (χ4n) is 5.01. The number of amides is 1. The average Bonchev–Trinajstić information content (AvgIpc) is 3.02. The summed E-state index contributed by atoms with van der Waals surface area (Å²) in [4.78, 5) is 45.6. The molecule has 9 heteroatoms. The van der Waals surface area contributed by atoms with E-state index >= 15 is 0 Å². The Morgan fingerprint density at radius 3 is 2.45 bits per heavy atom. The number of non-ortho nitro benzene ring substituents is 1. The van der Waals surface area contributed by atoms with Gasteiger partial charge in [-0.05, 0) is 56.2 Å². The van der Waals surface area contributed by atoms with E-state index in [1.807, 2.05) is 62.4 Å². The Kier molecular flexibility index (Phi) is 8.38. The van der Waals surface area contributed by atoms with Gasteiger partial charge in [0, 0.05) is 24.2 Å². The van der Waals surface area contributed by atoms with Crippen LogP contribution in [0.2, 0.25) is 0 Å². The molecule has 0 spiro atoms. The maximum atomic E-state index is 14.1. The van der Waals surface area contributed by atoms with E-state index in [0.29, 0.717) is 41.2 Å². The third kappa shape index (κ3) is 5.76. The highest BCUT2D eigenvalue weighted by Gasteiger charge is 2.29. The molecule has 1 unspecified atom stereocenters. The van der Waals surface area contributed by atoms with Crippen LogP contribution in [0, 0.1) is 10.1 Å². The second-order valence-corrected chi connectivity index (χ2v) is 9.75. The predicted molar refractivity (Wildman–Crippen MR) is 161 cm³/mol. The maximum absolute atomic E-state index is 14.1. The molecule has 0 N–H and O–H groups in total. The maximum Gasteiger partial charge on any atom is 0.270 e. The van der Waals surface area contributed by atoms with E-state index in [1.165, 1.54) is 22.8 Å². The molecular weight excluding hydrogens is 532 g/mol. The molecule has 0 aliphatic heterocycles.